The van der Waals surface area contributed by atoms with E-state index < -0.39 is 0 Å². The molecule has 1 fully saturated rings. The van der Waals surface area contributed by atoms with Crippen LogP contribution in [-0.4, -0.2) is 10.5 Å². The van der Waals surface area contributed by atoms with Gasteiger partial charge in [0, 0.05) is 17.9 Å². The Labute approximate surface area is 102 Å². The van der Waals surface area contributed by atoms with Gasteiger partial charge < -0.3 is 5.73 Å². The molecule has 1 atom stereocenters. The van der Waals surface area contributed by atoms with Gasteiger partial charge >= 0.3 is 0 Å². The molecule has 16 heavy (non-hydrogen) atoms. The molecule has 2 rings (SSSR count). The minimum absolute atomic E-state index is 0.0888. The summed E-state index contributed by atoms with van der Waals surface area (Å²) >= 11 is 6.12. The molecule has 3 heteroatoms. The van der Waals surface area contributed by atoms with Crippen molar-refractivity contribution in [2.45, 2.75) is 45.1 Å². The van der Waals surface area contributed by atoms with Crippen LogP contribution in [0.4, 0.5) is 0 Å². The molecule has 1 aliphatic rings. The molecule has 0 bridgehead atoms. The molecule has 1 heterocycles. The zero-order valence-electron chi connectivity index (χ0n) is 9.96. The Hall–Kier alpha value is -0.600. The zero-order chi connectivity index (χ0) is 11.8. The van der Waals surface area contributed by atoms with Crippen LogP contribution in [0.2, 0.25) is 5.02 Å². The van der Waals surface area contributed by atoms with Gasteiger partial charge in [-0.25, -0.2) is 0 Å². The average molecular weight is 239 g/mol. The van der Waals surface area contributed by atoms with Gasteiger partial charge in [-0.05, 0) is 42.7 Å². The summed E-state index contributed by atoms with van der Waals surface area (Å²) in [4.78, 5) is 4.00. The first-order valence-corrected chi connectivity index (χ1v) is 6.15. The van der Waals surface area contributed by atoms with Crippen LogP contribution in [0.5, 0.6) is 0 Å². The van der Waals surface area contributed by atoms with Crippen LogP contribution < -0.4 is 5.73 Å². The van der Waals surface area contributed by atoms with Crippen LogP contribution >= 0.6 is 11.6 Å². The second kappa shape index (κ2) is 4.01. The van der Waals surface area contributed by atoms with Crippen molar-refractivity contribution in [2.24, 2.45) is 11.1 Å². The fraction of sp³-hybridized carbons (Fsp3) is 0.615. The molecular weight excluding hydrogens is 220 g/mol. The summed E-state index contributed by atoms with van der Waals surface area (Å²) in [5.41, 5.74) is 7.86. The molecule has 0 radical (unpaired) electrons. The van der Waals surface area contributed by atoms with Crippen molar-refractivity contribution >= 4 is 11.6 Å². The Balaban J connectivity index is 2.14. The normalized spacial score (nSPS) is 28.2. The summed E-state index contributed by atoms with van der Waals surface area (Å²) < 4.78 is 0. The number of halogens is 1. The van der Waals surface area contributed by atoms with Crippen molar-refractivity contribution in [1.29, 1.82) is 0 Å². The van der Waals surface area contributed by atoms with Gasteiger partial charge in [0.1, 0.15) is 0 Å². The van der Waals surface area contributed by atoms with E-state index in [0.717, 1.165) is 29.8 Å². The Morgan fingerprint density at radius 1 is 1.44 bits per heavy atom. The van der Waals surface area contributed by atoms with Gasteiger partial charge in [0.2, 0.25) is 0 Å². The lowest BCUT2D eigenvalue weighted by molar-refractivity contribution is 0.334. The SMILES string of the molecule is CC1(C)CCC(N)(Cc2ccncc2Cl)C1. The molecule has 1 aliphatic carbocycles. The van der Waals surface area contributed by atoms with E-state index in [2.05, 4.69) is 18.8 Å². The van der Waals surface area contributed by atoms with Crippen LogP contribution in [0.25, 0.3) is 0 Å². The Kier molecular flexibility index (Phi) is 2.97. The number of rotatable bonds is 2. The maximum Gasteiger partial charge on any atom is 0.0621 e. The quantitative estimate of drug-likeness (QED) is 0.860. The molecule has 2 N–H and O–H groups in total. The third kappa shape index (κ3) is 2.55. The molecule has 1 aromatic rings. The summed E-state index contributed by atoms with van der Waals surface area (Å²) in [7, 11) is 0. The van der Waals surface area contributed by atoms with Crippen molar-refractivity contribution in [3.8, 4) is 0 Å². The number of aromatic nitrogens is 1. The van der Waals surface area contributed by atoms with Crippen LogP contribution in [0.1, 0.15) is 38.7 Å². The van der Waals surface area contributed by atoms with Crippen molar-refractivity contribution in [3.63, 3.8) is 0 Å². The lowest BCUT2D eigenvalue weighted by Gasteiger charge is -2.26. The Bertz CT molecular complexity index is 389. The fourth-order valence-corrected chi connectivity index (χ4v) is 2.98. The molecule has 1 aromatic heterocycles. The van der Waals surface area contributed by atoms with Crippen molar-refractivity contribution in [1.82, 2.24) is 4.98 Å². The monoisotopic (exact) mass is 238 g/mol. The maximum atomic E-state index is 6.46. The number of hydrogen-bond donors (Lipinski definition) is 1. The van der Waals surface area contributed by atoms with Gasteiger partial charge in [-0.1, -0.05) is 25.4 Å². The van der Waals surface area contributed by atoms with Gasteiger partial charge in [0.15, 0.2) is 0 Å². The largest absolute Gasteiger partial charge is 0.325 e. The molecule has 1 saturated carbocycles. The Morgan fingerprint density at radius 3 is 2.75 bits per heavy atom. The van der Waals surface area contributed by atoms with Crippen molar-refractivity contribution in [2.75, 3.05) is 0 Å². The summed E-state index contributed by atoms with van der Waals surface area (Å²) in [5, 5.41) is 0.733. The average Bonchev–Trinajstić information content (AvgIpc) is 2.45. The molecule has 0 aliphatic heterocycles. The predicted molar refractivity (Wildman–Crippen MR) is 67.5 cm³/mol. The van der Waals surface area contributed by atoms with Gasteiger partial charge in [0.25, 0.3) is 0 Å². The van der Waals surface area contributed by atoms with Gasteiger partial charge in [-0.15, -0.1) is 0 Å². The summed E-state index contributed by atoms with van der Waals surface area (Å²) in [6.45, 7) is 4.57. The van der Waals surface area contributed by atoms with E-state index in [1.807, 2.05) is 6.07 Å². The van der Waals surface area contributed by atoms with Crippen LogP contribution in [0.15, 0.2) is 18.5 Å². The van der Waals surface area contributed by atoms with Crippen LogP contribution in [-0.2, 0) is 6.42 Å². The van der Waals surface area contributed by atoms with E-state index in [-0.39, 0.29) is 5.54 Å². The van der Waals surface area contributed by atoms with Crippen LogP contribution in [0, 0.1) is 5.41 Å². The fourth-order valence-electron chi connectivity index (χ4n) is 2.79. The minimum Gasteiger partial charge on any atom is -0.325 e. The summed E-state index contributed by atoms with van der Waals surface area (Å²) in [6.07, 6.45) is 7.69. The molecular formula is C13H19ClN2. The van der Waals surface area contributed by atoms with Crippen LogP contribution in [0.3, 0.4) is 0 Å². The number of nitrogens with zero attached hydrogens (tertiary/aromatic N) is 1. The second-order valence-electron chi connectivity index (χ2n) is 5.85. The summed E-state index contributed by atoms with van der Waals surface area (Å²) in [5.74, 6) is 0. The zero-order valence-corrected chi connectivity index (χ0v) is 10.7. The highest BCUT2D eigenvalue weighted by Gasteiger charge is 2.40. The van der Waals surface area contributed by atoms with Gasteiger partial charge in [-0.3, -0.25) is 4.98 Å². The van der Waals surface area contributed by atoms with E-state index in [1.165, 1.54) is 6.42 Å². The molecule has 0 saturated heterocycles. The summed E-state index contributed by atoms with van der Waals surface area (Å²) in [6, 6.07) is 1.97. The number of pyridine rings is 1. The first kappa shape index (κ1) is 11.9. The minimum atomic E-state index is -0.0888. The third-order valence-corrected chi connectivity index (χ3v) is 3.87. The highest BCUT2D eigenvalue weighted by molar-refractivity contribution is 6.31. The first-order valence-electron chi connectivity index (χ1n) is 5.78. The van der Waals surface area contributed by atoms with Gasteiger partial charge in [-0.2, -0.15) is 0 Å². The first-order chi connectivity index (χ1) is 7.40. The highest BCUT2D eigenvalue weighted by Crippen LogP contribution is 2.44. The van der Waals surface area contributed by atoms with E-state index in [9.17, 15) is 0 Å². The number of nitrogens with two attached hydrogens (primary N) is 1. The Morgan fingerprint density at radius 2 is 2.19 bits per heavy atom. The van der Waals surface area contributed by atoms with Gasteiger partial charge in [0.05, 0.1) is 5.02 Å². The van der Waals surface area contributed by atoms with Crippen molar-refractivity contribution < 1.29 is 0 Å². The third-order valence-electron chi connectivity index (χ3n) is 3.53. The predicted octanol–water partition coefficient (Wildman–Crippen LogP) is 3.19. The topological polar surface area (TPSA) is 38.9 Å². The molecule has 0 spiro atoms. The molecule has 88 valence electrons. The lowest BCUT2D eigenvalue weighted by Crippen LogP contribution is -2.40. The van der Waals surface area contributed by atoms with E-state index in [0.29, 0.717) is 5.41 Å². The molecule has 0 amide bonds. The second-order valence-corrected chi connectivity index (χ2v) is 6.25. The van der Waals surface area contributed by atoms with E-state index in [4.69, 9.17) is 17.3 Å². The number of hydrogen-bond acceptors (Lipinski definition) is 2. The van der Waals surface area contributed by atoms with E-state index in [1.54, 1.807) is 12.4 Å². The molecule has 1 unspecified atom stereocenters. The standard InChI is InChI=1S/C13H19ClN2/c1-12(2)4-5-13(15,9-12)7-10-3-6-16-8-11(10)14/h3,6,8H,4-5,7,9,15H2,1-2H3. The molecule has 0 aromatic carbocycles. The van der Waals surface area contributed by atoms with Crippen molar-refractivity contribution in [3.05, 3.63) is 29.0 Å². The smallest absolute Gasteiger partial charge is 0.0621 e. The van der Waals surface area contributed by atoms with E-state index >= 15 is 0 Å². The molecule has 2 nitrogen and oxygen atoms in total. The lowest BCUT2D eigenvalue weighted by atomic mass is 9.85. The maximum absolute atomic E-state index is 6.46. The highest BCUT2D eigenvalue weighted by atomic mass is 35.5.